The lowest BCUT2D eigenvalue weighted by atomic mass is 10.0. The van der Waals surface area contributed by atoms with Crippen molar-refractivity contribution in [3.05, 3.63) is 84.9 Å². The van der Waals surface area contributed by atoms with Crippen LogP contribution in [0.4, 0.5) is 39.8 Å². The summed E-state index contributed by atoms with van der Waals surface area (Å²) in [6.45, 7) is 0.810. The molecule has 0 saturated carbocycles. The second-order valence-electron chi connectivity index (χ2n) is 14.6. The number of hydrazone groups is 1. The first-order chi connectivity index (χ1) is 34.9. The number of hydrogen-bond donors (Lipinski definition) is 8. The van der Waals surface area contributed by atoms with Gasteiger partial charge in [-0.15, -0.1) is 24.0 Å². The highest BCUT2D eigenvalue weighted by Crippen LogP contribution is 2.49. The Labute approximate surface area is 427 Å². The molecule has 0 aromatic heterocycles. The third-order valence-corrected chi connectivity index (χ3v) is 15.5. The highest BCUT2D eigenvalue weighted by Gasteiger charge is 2.28. The Bertz CT molecular complexity index is 3600. The number of anilines is 3. The Morgan fingerprint density at radius 2 is 1.42 bits per heavy atom. The average Bonchev–Trinajstić information content (AvgIpc) is 3.34. The molecule has 394 valence electrons. The van der Waals surface area contributed by atoms with Crippen LogP contribution in [0.1, 0.15) is 19.8 Å². The van der Waals surface area contributed by atoms with Crippen molar-refractivity contribution in [3.8, 4) is 11.5 Å². The summed E-state index contributed by atoms with van der Waals surface area (Å²) < 4.78 is 145. The first-order valence-electron chi connectivity index (χ1n) is 20.0. The van der Waals surface area contributed by atoms with Gasteiger partial charge in [-0.25, -0.2) is 18.9 Å². The van der Waals surface area contributed by atoms with E-state index in [0.29, 0.717) is 28.9 Å². The van der Waals surface area contributed by atoms with E-state index in [0.717, 1.165) is 36.4 Å². The number of sulfonamides is 1. The Hall–Kier alpha value is -6.55. The van der Waals surface area contributed by atoms with Gasteiger partial charge in [-0.3, -0.25) is 23.5 Å². The Morgan fingerprint density at radius 1 is 0.757 bits per heavy atom. The maximum Gasteiger partial charge on any atom is 0.296 e. The van der Waals surface area contributed by atoms with E-state index in [1.165, 1.54) is 32.2 Å². The lowest BCUT2D eigenvalue weighted by Gasteiger charge is -2.14. The lowest BCUT2D eigenvalue weighted by Crippen LogP contribution is -2.12. The van der Waals surface area contributed by atoms with Gasteiger partial charge in [0.05, 0.1) is 80.9 Å². The minimum Gasteiger partial charge on any atom is -0.505 e. The molecule has 0 atom stereocenters. The molecule has 35 heteroatoms. The summed E-state index contributed by atoms with van der Waals surface area (Å²) in [5, 5.41) is 57.2. The van der Waals surface area contributed by atoms with E-state index in [1.54, 1.807) is 24.3 Å². The third kappa shape index (κ3) is 14.4. The molecule has 0 bridgehead atoms. The maximum atomic E-state index is 13.3. The molecule has 5 aromatic carbocycles. The Kier molecular flexibility index (Phi) is 18.6. The van der Waals surface area contributed by atoms with Crippen LogP contribution in [0.5, 0.6) is 11.5 Å². The molecule has 9 N–H and O–H groups in total. The number of rotatable bonds is 22. The van der Waals surface area contributed by atoms with Crippen LogP contribution in [-0.2, 0) is 67.8 Å². The van der Waals surface area contributed by atoms with E-state index in [2.05, 4.69) is 59.4 Å². The minimum atomic E-state index is -5.28. The van der Waals surface area contributed by atoms with Gasteiger partial charge in [-0.1, -0.05) is 10.1 Å². The lowest BCUT2D eigenvalue weighted by molar-refractivity contribution is -0.434. The van der Waals surface area contributed by atoms with Crippen LogP contribution in [0.15, 0.2) is 139 Å². The van der Waals surface area contributed by atoms with Gasteiger partial charge in [-0.2, -0.15) is 39.9 Å². The first kappa shape index (κ1) is 56.7. The molecular weight excluding hydrogens is 1110 g/mol. The van der Waals surface area contributed by atoms with Gasteiger partial charge in [0.15, 0.2) is 27.9 Å². The van der Waals surface area contributed by atoms with Gasteiger partial charge >= 0.3 is 0 Å². The number of nitrogens with two attached hydrogens (primary N) is 1. The SMILES string of the molecule is COc1ccc(NC(C)=O)c(NN=C2C=CC(=NS(=O)(=O)c3ccc(N=Nc4c(S(=O)(=O)O)cc5c(SOOO)cc(N=Nc6ccc(S(=O)(=O)CCOSOOO)cc6S(=O)(=O)O)c(N)c5c4O)cc3)CC2)c1. The molecule has 0 saturated heterocycles. The third-order valence-electron chi connectivity index (χ3n) is 9.73. The standard InChI is InChI=1S/C39H37N9O20S6/c1-21(49)41-29-13-9-25(63-2)17-31(29)45-42-22-3-5-24(6-4-22)48-72(55,56)26-10-7-23(8-11-26)43-47-38-35(74(60,61)62)19-28-33(69-67-65-51)20-32(37(40)36(28)39(38)50)46-44-30-14-12-27(18-34(30)73(57,58)59)71(53,54)16-15-64-70-68-66-52/h3,5,7-14,17-20,45,50-52H,4,6,15-16,40H2,1-2H3,(H,41,49)(H,57,58,59)(H,60,61,62). The highest BCUT2D eigenvalue weighted by molar-refractivity contribution is 7.94. The summed E-state index contributed by atoms with van der Waals surface area (Å²) in [6.07, 6.45) is 3.49. The smallest absolute Gasteiger partial charge is 0.296 e. The van der Waals surface area contributed by atoms with Crippen molar-refractivity contribution in [3.63, 3.8) is 0 Å². The molecule has 0 fully saturated rings. The van der Waals surface area contributed by atoms with Crippen molar-refractivity contribution < 1.29 is 90.9 Å². The van der Waals surface area contributed by atoms with Crippen LogP contribution in [0.25, 0.3) is 10.8 Å². The van der Waals surface area contributed by atoms with Crippen molar-refractivity contribution in [1.29, 1.82) is 0 Å². The number of nitrogen functional groups attached to an aromatic ring is 1. The van der Waals surface area contributed by atoms with E-state index in [1.807, 2.05) is 0 Å². The molecule has 29 nitrogen and oxygen atoms in total. The zero-order valence-corrected chi connectivity index (χ0v) is 42.4. The quantitative estimate of drug-likeness (QED) is 0.00629. The fourth-order valence-corrected chi connectivity index (χ4v) is 10.7. The monoisotopic (exact) mass is 1140 g/mol. The number of allylic oxidation sites excluding steroid dienone is 2. The molecule has 0 heterocycles. The van der Waals surface area contributed by atoms with Crippen LogP contribution >= 0.6 is 24.4 Å². The number of hydrogen-bond acceptors (Lipinski definition) is 27. The Morgan fingerprint density at radius 3 is 2.05 bits per heavy atom. The average molecular weight is 1140 g/mol. The molecule has 0 radical (unpaired) electrons. The normalized spacial score (nSPS) is 14.7. The van der Waals surface area contributed by atoms with Crippen LogP contribution in [0.2, 0.25) is 0 Å². The molecule has 0 spiro atoms. The van der Waals surface area contributed by atoms with Crippen molar-refractivity contribution in [2.75, 3.05) is 35.9 Å². The largest absolute Gasteiger partial charge is 0.505 e. The minimum absolute atomic E-state index is 0.0877. The number of fused-ring (bicyclic) bond motifs is 1. The molecule has 74 heavy (non-hydrogen) atoms. The highest BCUT2D eigenvalue weighted by atomic mass is 32.2. The van der Waals surface area contributed by atoms with Crippen molar-refractivity contribution in [2.24, 2.45) is 30.0 Å². The zero-order chi connectivity index (χ0) is 54.0. The number of azo groups is 2. The summed E-state index contributed by atoms with van der Waals surface area (Å²) in [5.41, 5.74) is 8.25. The second-order valence-corrected chi connectivity index (χ2v) is 22.3. The summed E-state index contributed by atoms with van der Waals surface area (Å²) in [4.78, 5) is 8.40. The fraction of sp³-hybridized carbons (Fsp3) is 0.154. The molecule has 5 aromatic rings. The number of ether oxygens (including phenoxy) is 1. The van der Waals surface area contributed by atoms with Gasteiger partial charge in [0.25, 0.3) is 30.3 Å². The molecular formula is C39H37N9O20S6. The van der Waals surface area contributed by atoms with Gasteiger partial charge in [-0.05, 0) is 91.7 Å². The summed E-state index contributed by atoms with van der Waals surface area (Å²) in [7, 11) is -17.6. The number of sulfone groups is 1. The maximum absolute atomic E-state index is 13.3. The predicted octanol–water partition coefficient (Wildman–Crippen LogP) is 7.57. The zero-order valence-electron chi connectivity index (χ0n) is 37.5. The number of amides is 1. The molecule has 1 aliphatic rings. The first-order valence-corrected chi connectivity index (χ1v) is 27.4. The predicted molar refractivity (Wildman–Crippen MR) is 263 cm³/mol. The molecule has 6 rings (SSSR count). The van der Waals surface area contributed by atoms with Crippen LogP contribution < -0.4 is 21.2 Å². The van der Waals surface area contributed by atoms with Crippen molar-refractivity contribution >= 4 is 132 Å². The molecule has 0 aliphatic heterocycles. The molecule has 1 aliphatic carbocycles. The van der Waals surface area contributed by atoms with Crippen LogP contribution in [-0.4, -0.2) is 95.2 Å². The number of nitrogens with zero attached hydrogens (tertiary/aromatic N) is 6. The van der Waals surface area contributed by atoms with E-state index in [4.69, 9.17) is 25.2 Å². The van der Waals surface area contributed by atoms with Gasteiger partial charge in [0.2, 0.25) is 5.91 Å². The number of nitrogens with one attached hydrogen (secondary N) is 2. The van der Waals surface area contributed by atoms with E-state index < -0.39 is 101 Å². The fourth-order valence-electron chi connectivity index (χ4n) is 6.38. The van der Waals surface area contributed by atoms with Gasteiger partial charge < -0.3 is 20.9 Å². The number of methoxy groups -OCH3 is 1. The molecule has 1 amide bonds. The number of carbonyl (C=O) groups is 1. The number of phenols is 1. The number of aromatic hydroxyl groups is 1. The summed E-state index contributed by atoms with van der Waals surface area (Å²) in [6, 6.07) is 13.6. The summed E-state index contributed by atoms with van der Waals surface area (Å²) in [5.74, 6) is -1.62. The molecule has 0 unspecified atom stereocenters. The van der Waals surface area contributed by atoms with Gasteiger partial charge in [0.1, 0.15) is 32.6 Å². The number of benzene rings is 5. The Balaban J connectivity index is 1.29. The van der Waals surface area contributed by atoms with Crippen molar-refractivity contribution in [2.45, 2.75) is 44.2 Å². The number of carbonyl (C=O) groups excluding carboxylic acids is 1. The van der Waals surface area contributed by atoms with E-state index in [9.17, 15) is 52.7 Å². The van der Waals surface area contributed by atoms with E-state index >= 15 is 0 Å². The summed E-state index contributed by atoms with van der Waals surface area (Å²) >= 11 is 0.271. The topological polar surface area (TPSA) is 434 Å². The van der Waals surface area contributed by atoms with Gasteiger partial charge in [0, 0.05) is 23.3 Å². The van der Waals surface area contributed by atoms with Crippen LogP contribution in [0, 0.1) is 0 Å². The van der Waals surface area contributed by atoms with Crippen LogP contribution in [0.3, 0.4) is 0 Å². The van der Waals surface area contributed by atoms with E-state index in [-0.39, 0.29) is 69.7 Å². The van der Waals surface area contributed by atoms with Crippen molar-refractivity contribution in [1.82, 2.24) is 0 Å². The second kappa shape index (κ2) is 24.2. The number of phenolic OH excluding ortho intramolecular Hbond substituents is 1.